The highest BCUT2D eigenvalue weighted by Gasteiger charge is 2.31. The molecule has 0 radical (unpaired) electrons. The zero-order valence-electron chi connectivity index (χ0n) is 18.4. The van der Waals surface area contributed by atoms with Crippen LogP contribution in [0.5, 0.6) is 5.75 Å². The van der Waals surface area contributed by atoms with E-state index in [1.807, 2.05) is 18.2 Å². The highest BCUT2D eigenvalue weighted by atomic mass is 32.2. The van der Waals surface area contributed by atoms with E-state index in [9.17, 15) is 13.2 Å². The summed E-state index contributed by atoms with van der Waals surface area (Å²) in [6.45, 7) is 5.19. The fourth-order valence-corrected chi connectivity index (χ4v) is 6.76. The van der Waals surface area contributed by atoms with Crippen molar-refractivity contribution in [3.63, 3.8) is 0 Å². The average Bonchev–Trinajstić information content (AvgIpc) is 3.19. The van der Waals surface area contributed by atoms with Crippen LogP contribution in [0.2, 0.25) is 0 Å². The van der Waals surface area contributed by atoms with Crippen LogP contribution in [0.3, 0.4) is 0 Å². The predicted molar refractivity (Wildman–Crippen MR) is 127 cm³/mol. The fraction of sp³-hybridized carbons (Fsp3) is 0.391. The number of ketones is 1. The maximum absolute atomic E-state index is 13.2. The number of Topliss-reactive ketones (excluding diaryl/α,β-unsaturated/α-hetero) is 1. The van der Waals surface area contributed by atoms with Gasteiger partial charge in [0.15, 0.2) is 10.9 Å². The van der Waals surface area contributed by atoms with E-state index in [1.54, 1.807) is 29.6 Å². The first-order chi connectivity index (χ1) is 15.3. The summed E-state index contributed by atoms with van der Waals surface area (Å²) in [6, 6.07) is 11.9. The molecule has 2 atom stereocenters. The van der Waals surface area contributed by atoms with E-state index < -0.39 is 10.0 Å². The molecule has 1 aromatic heterocycles. The lowest BCUT2D eigenvalue weighted by atomic mass is 9.94. The van der Waals surface area contributed by atoms with Gasteiger partial charge in [-0.1, -0.05) is 37.3 Å². The molecule has 1 N–H and O–H groups in total. The molecule has 7 nitrogen and oxygen atoms in total. The van der Waals surface area contributed by atoms with Crippen LogP contribution in [0.25, 0.3) is 10.2 Å². The van der Waals surface area contributed by atoms with Crippen LogP contribution in [0.1, 0.15) is 30.6 Å². The minimum absolute atomic E-state index is 0.0260. The van der Waals surface area contributed by atoms with Gasteiger partial charge < -0.3 is 10.1 Å². The molecule has 4 rings (SSSR count). The second-order valence-corrected chi connectivity index (χ2v) is 11.4. The first-order valence-corrected chi connectivity index (χ1v) is 12.8. The SMILES string of the molecule is COc1ccc2nc(NCC(=O)c3cccc(S(=O)(=O)N4CC(C)CC(C)C4)c3)sc2c1. The third-order valence-corrected chi connectivity index (χ3v) is 8.43. The molecule has 0 aliphatic carbocycles. The number of ether oxygens (including phenoxy) is 1. The second-order valence-electron chi connectivity index (χ2n) is 8.43. The molecule has 0 bridgehead atoms. The minimum atomic E-state index is -3.64. The summed E-state index contributed by atoms with van der Waals surface area (Å²) in [5.74, 6) is 1.19. The number of rotatable bonds is 7. The fourth-order valence-electron chi connectivity index (χ4n) is 4.15. The standard InChI is InChI=1S/C23H27N3O4S2/c1-15-9-16(2)14-26(13-15)32(28,29)19-6-4-5-17(10-19)21(27)12-24-23-25-20-8-7-18(30-3)11-22(20)31-23/h4-8,10-11,15-16H,9,12-14H2,1-3H3,(H,24,25). The van der Waals surface area contributed by atoms with Crippen molar-refractivity contribution >= 4 is 42.5 Å². The zero-order chi connectivity index (χ0) is 22.9. The molecule has 2 heterocycles. The molecule has 170 valence electrons. The summed E-state index contributed by atoms with van der Waals surface area (Å²) in [6.07, 6.45) is 1.02. The Morgan fingerprint density at radius 1 is 1.19 bits per heavy atom. The van der Waals surface area contributed by atoms with Crippen molar-refractivity contribution in [2.45, 2.75) is 25.2 Å². The quantitative estimate of drug-likeness (QED) is 0.516. The van der Waals surface area contributed by atoms with Gasteiger partial charge >= 0.3 is 0 Å². The molecule has 1 fully saturated rings. The molecule has 0 amide bonds. The smallest absolute Gasteiger partial charge is 0.243 e. The Morgan fingerprint density at radius 2 is 1.94 bits per heavy atom. The number of sulfonamides is 1. The molecular formula is C23H27N3O4S2. The molecule has 3 aromatic rings. The average molecular weight is 474 g/mol. The van der Waals surface area contributed by atoms with Crippen molar-refractivity contribution in [2.75, 3.05) is 32.1 Å². The van der Waals surface area contributed by atoms with Crippen LogP contribution in [-0.2, 0) is 10.0 Å². The van der Waals surface area contributed by atoms with Gasteiger partial charge in [0.05, 0.1) is 28.8 Å². The lowest BCUT2D eigenvalue weighted by Gasteiger charge is -2.34. The topological polar surface area (TPSA) is 88.6 Å². The van der Waals surface area contributed by atoms with Crippen molar-refractivity contribution in [2.24, 2.45) is 11.8 Å². The molecule has 0 spiro atoms. The van der Waals surface area contributed by atoms with Gasteiger partial charge in [-0.2, -0.15) is 4.31 Å². The number of nitrogens with zero attached hydrogens (tertiary/aromatic N) is 2. The number of carbonyl (C=O) groups excluding carboxylic acids is 1. The maximum atomic E-state index is 13.2. The summed E-state index contributed by atoms with van der Waals surface area (Å²) in [5, 5.41) is 3.69. The Hall–Kier alpha value is -2.49. The largest absolute Gasteiger partial charge is 0.497 e. The van der Waals surface area contributed by atoms with E-state index in [0.717, 1.165) is 22.4 Å². The van der Waals surface area contributed by atoms with Crippen molar-refractivity contribution in [1.29, 1.82) is 0 Å². The minimum Gasteiger partial charge on any atom is -0.497 e. The predicted octanol–water partition coefficient (Wildman–Crippen LogP) is 4.27. The zero-order valence-corrected chi connectivity index (χ0v) is 20.0. The third kappa shape index (κ3) is 4.79. The van der Waals surface area contributed by atoms with E-state index in [2.05, 4.69) is 24.1 Å². The van der Waals surface area contributed by atoms with Gasteiger partial charge in [0.25, 0.3) is 0 Å². The maximum Gasteiger partial charge on any atom is 0.243 e. The number of nitrogens with one attached hydrogen (secondary N) is 1. The highest BCUT2D eigenvalue weighted by Crippen LogP contribution is 2.29. The number of anilines is 1. The molecule has 32 heavy (non-hydrogen) atoms. The number of piperidine rings is 1. The van der Waals surface area contributed by atoms with Gasteiger partial charge in [-0.25, -0.2) is 13.4 Å². The third-order valence-electron chi connectivity index (χ3n) is 5.62. The Balaban J connectivity index is 1.47. The first-order valence-electron chi connectivity index (χ1n) is 10.6. The van der Waals surface area contributed by atoms with Crippen LogP contribution in [0.15, 0.2) is 47.4 Å². The second kappa shape index (κ2) is 9.17. The summed E-state index contributed by atoms with van der Waals surface area (Å²) < 4.78 is 34.1. The monoisotopic (exact) mass is 473 g/mol. The number of hydrogen-bond donors (Lipinski definition) is 1. The lowest BCUT2D eigenvalue weighted by Crippen LogP contribution is -2.42. The first kappa shape index (κ1) is 22.7. The molecule has 2 aromatic carbocycles. The summed E-state index contributed by atoms with van der Waals surface area (Å²) in [7, 11) is -2.02. The van der Waals surface area contributed by atoms with Gasteiger partial charge in [-0.15, -0.1) is 0 Å². The summed E-state index contributed by atoms with van der Waals surface area (Å²) in [5.41, 5.74) is 1.18. The molecule has 1 aliphatic rings. The van der Waals surface area contributed by atoms with Gasteiger partial charge in [-0.3, -0.25) is 4.79 Å². The Kier molecular flexibility index (Phi) is 6.50. The van der Waals surface area contributed by atoms with Crippen molar-refractivity contribution in [3.05, 3.63) is 48.0 Å². The van der Waals surface area contributed by atoms with Crippen LogP contribution < -0.4 is 10.1 Å². The molecule has 2 unspecified atom stereocenters. The number of hydrogen-bond acceptors (Lipinski definition) is 7. The van der Waals surface area contributed by atoms with Crippen LogP contribution in [0.4, 0.5) is 5.13 Å². The number of thiazole rings is 1. The van der Waals surface area contributed by atoms with Gasteiger partial charge in [0.1, 0.15) is 5.75 Å². The van der Waals surface area contributed by atoms with E-state index in [-0.39, 0.29) is 17.2 Å². The van der Waals surface area contributed by atoms with Gasteiger partial charge in [0, 0.05) is 18.7 Å². The van der Waals surface area contributed by atoms with E-state index in [0.29, 0.717) is 35.6 Å². The number of fused-ring (bicyclic) bond motifs is 1. The number of carbonyl (C=O) groups is 1. The number of benzene rings is 2. The Bertz CT molecular complexity index is 1230. The number of methoxy groups -OCH3 is 1. The van der Waals surface area contributed by atoms with Crippen molar-refractivity contribution in [1.82, 2.24) is 9.29 Å². The normalized spacial score (nSPS) is 19.7. The van der Waals surface area contributed by atoms with Crippen LogP contribution in [-0.4, -0.2) is 50.2 Å². The van der Waals surface area contributed by atoms with Gasteiger partial charge in [-0.05, 0) is 48.6 Å². The van der Waals surface area contributed by atoms with Crippen molar-refractivity contribution < 1.29 is 17.9 Å². The van der Waals surface area contributed by atoms with E-state index in [4.69, 9.17) is 4.74 Å². The molecular weight excluding hydrogens is 446 g/mol. The number of aromatic nitrogens is 1. The molecule has 1 saturated heterocycles. The lowest BCUT2D eigenvalue weighted by molar-refractivity contribution is 0.101. The van der Waals surface area contributed by atoms with E-state index in [1.165, 1.54) is 17.4 Å². The summed E-state index contributed by atoms with van der Waals surface area (Å²) >= 11 is 1.43. The Morgan fingerprint density at radius 3 is 2.66 bits per heavy atom. The molecule has 1 aliphatic heterocycles. The highest BCUT2D eigenvalue weighted by molar-refractivity contribution is 7.89. The van der Waals surface area contributed by atoms with Crippen LogP contribution in [0, 0.1) is 11.8 Å². The van der Waals surface area contributed by atoms with Gasteiger partial charge in [0.2, 0.25) is 10.0 Å². The molecule has 0 saturated carbocycles. The molecule has 9 heteroatoms. The Labute approximate surface area is 192 Å². The summed E-state index contributed by atoms with van der Waals surface area (Å²) in [4.78, 5) is 17.4. The van der Waals surface area contributed by atoms with Crippen molar-refractivity contribution in [3.8, 4) is 5.75 Å². The van der Waals surface area contributed by atoms with E-state index >= 15 is 0 Å². The van der Waals surface area contributed by atoms with Crippen LogP contribution >= 0.6 is 11.3 Å².